The third-order valence-corrected chi connectivity index (χ3v) is 5.94. The molecule has 0 aliphatic rings. The van der Waals surface area contributed by atoms with Gasteiger partial charge in [-0.15, -0.1) is 0 Å². The summed E-state index contributed by atoms with van der Waals surface area (Å²) in [6, 6.07) is 7.80. The number of carbonyl (C=O) groups excluding carboxylic acids is 2. The van der Waals surface area contributed by atoms with Crippen LogP contribution in [0.4, 0.5) is 5.69 Å². The minimum atomic E-state index is -3.74. The van der Waals surface area contributed by atoms with Crippen molar-refractivity contribution >= 4 is 33.5 Å². The van der Waals surface area contributed by atoms with Gasteiger partial charge in [-0.2, -0.15) is 0 Å². The first kappa shape index (κ1) is 27.3. The maximum atomic E-state index is 12.8. The Balaban J connectivity index is 2.29. The summed E-state index contributed by atoms with van der Waals surface area (Å²) in [7, 11) is 3.25. The molecule has 0 atom stereocenters. The van der Waals surface area contributed by atoms with Gasteiger partial charge in [0.15, 0.2) is 9.84 Å². The molecule has 11 heteroatoms. The lowest BCUT2D eigenvalue weighted by atomic mass is 10.1. The highest BCUT2D eigenvalue weighted by molar-refractivity contribution is 7.93. The van der Waals surface area contributed by atoms with E-state index in [2.05, 4.69) is 10.1 Å². The highest BCUT2D eigenvalue weighted by atomic mass is 32.2. The smallest absolute Gasteiger partial charge is 0.330 e. The van der Waals surface area contributed by atoms with Gasteiger partial charge in [-0.05, 0) is 23.8 Å². The third kappa shape index (κ3) is 7.78. The molecule has 0 radical (unpaired) electrons. The molecule has 2 rings (SSSR count). The average molecular weight is 506 g/mol. The summed E-state index contributed by atoms with van der Waals surface area (Å²) < 4.78 is 51.2. The van der Waals surface area contributed by atoms with Crippen LogP contribution >= 0.6 is 0 Å². The van der Waals surface area contributed by atoms with Gasteiger partial charge in [0, 0.05) is 29.7 Å². The van der Waals surface area contributed by atoms with Crippen LogP contribution in [0.1, 0.15) is 11.1 Å². The third-order valence-electron chi connectivity index (χ3n) is 4.66. The molecule has 0 saturated heterocycles. The minimum absolute atomic E-state index is 0.238. The first-order valence-electron chi connectivity index (χ1n) is 10.1. The predicted molar refractivity (Wildman–Crippen MR) is 131 cm³/mol. The zero-order chi connectivity index (χ0) is 26.0. The van der Waals surface area contributed by atoms with E-state index in [0.717, 1.165) is 17.6 Å². The summed E-state index contributed by atoms with van der Waals surface area (Å²) in [5.74, 6) is -0.0997. The molecule has 0 aliphatic heterocycles. The van der Waals surface area contributed by atoms with E-state index >= 15 is 0 Å². The molecule has 35 heavy (non-hydrogen) atoms. The van der Waals surface area contributed by atoms with E-state index in [9.17, 15) is 18.0 Å². The van der Waals surface area contributed by atoms with Crippen molar-refractivity contribution in [1.29, 1.82) is 0 Å². The largest absolute Gasteiger partial charge is 0.496 e. The normalized spacial score (nSPS) is 11.3. The number of nitrogens with one attached hydrogen (secondary N) is 1. The molecule has 10 nitrogen and oxygen atoms in total. The SMILES string of the molecule is COC(=O)C=CC(=O)Nc1cc(CS(=O)(=O)/C=C/c2c(OC)cc(OC)cc2OC)ccc1OC. The molecule has 0 aliphatic carbocycles. The number of carbonyl (C=O) groups is 2. The lowest BCUT2D eigenvalue weighted by molar-refractivity contribution is -0.135. The molecule has 2 aromatic rings. The maximum absolute atomic E-state index is 12.8. The van der Waals surface area contributed by atoms with E-state index in [1.54, 1.807) is 18.2 Å². The van der Waals surface area contributed by atoms with Crippen LogP contribution in [0.15, 0.2) is 47.9 Å². The molecule has 0 spiro atoms. The lowest BCUT2D eigenvalue weighted by Gasteiger charge is -2.13. The Morgan fingerprint density at radius 1 is 0.857 bits per heavy atom. The first-order chi connectivity index (χ1) is 16.7. The first-order valence-corrected chi connectivity index (χ1v) is 11.8. The van der Waals surface area contributed by atoms with E-state index in [1.165, 1.54) is 53.8 Å². The number of ether oxygens (including phenoxy) is 5. The number of methoxy groups -OCH3 is 5. The summed E-state index contributed by atoms with van der Waals surface area (Å²) in [5.41, 5.74) is 1.07. The predicted octanol–water partition coefficient (Wildman–Crippen LogP) is 2.97. The topological polar surface area (TPSA) is 126 Å². The number of anilines is 1. The van der Waals surface area contributed by atoms with Crippen molar-refractivity contribution in [2.75, 3.05) is 40.9 Å². The minimum Gasteiger partial charge on any atom is -0.496 e. The zero-order valence-corrected chi connectivity index (χ0v) is 20.8. The van der Waals surface area contributed by atoms with Gasteiger partial charge < -0.3 is 29.0 Å². The molecular weight excluding hydrogens is 478 g/mol. The molecule has 188 valence electrons. The van der Waals surface area contributed by atoms with Crippen molar-refractivity contribution in [1.82, 2.24) is 0 Å². The number of sulfone groups is 1. The van der Waals surface area contributed by atoms with Gasteiger partial charge in [-0.25, -0.2) is 13.2 Å². The molecule has 1 amide bonds. The van der Waals surface area contributed by atoms with Crippen LogP contribution in [0.2, 0.25) is 0 Å². The molecular formula is C24H27NO9S. The number of esters is 1. The standard InChI is InChI=1S/C24H27NO9S/c1-30-17-13-21(32-3)18(22(14-17)33-4)10-11-35(28,29)15-16-6-7-20(31-2)19(12-16)25-23(26)8-9-24(27)34-5/h6-14H,15H2,1-5H3,(H,25,26)/b9-8?,11-10+. The number of hydrogen-bond donors (Lipinski definition) is 1. The summed E-state index contributed by atoms with van der Waals surface area (Å²) in [6.07, 6.45) is 3.34. The average Bonchev–Trinajstić information content (AvgIpc) is 2.85. The highest BCUT2D eigenvalue weighted by Gasteiger charge is 2.15. The summed E-state index contributed by atoms with van der Waals surface area (Å²) >= 11 is 0. The van der Waals surface area contributed by atoms with Crippen molar-refractivity contribution in [2.45, 2.75) is 5.75 Å². The Morgan fingerprint density at radius 3 is 2.03 bits per heavy atom. The van der Waals surface area contributed by atoms with E-state index in [1.807, 2.05) is 0 Å². The van der Waals surface area contributed by atoms with Gasteiger partial charge in [0.1, 0.15) is 23.0 Å². The van der Waals surface area contributed by atoms with Gasteiger partial charge in [-0.1, -0.05) is 6.07 Å². The molecule has 0 unspecified atom stereocenters. The number of benzene rings is 2. The van der Waals surface area contributed by atoms with E-state index in [0.29, 0.717) is 34.1 Å². The van der Waals surface area contributed by atoms with E-state index < -0.39 is 21.7 Å². The Labute approximate surface area is 204 Å². The number of rotatable bonds is 11. The van der Waals surface area contributed by atoms with Gasteiger partial charge in [-0.3, -0.25) is 4.79 Å². The van der Waals surface area contributed by atoms with Gasteiger partial charge in [0.25, 0.3) is 0 Å². The Kier molecular flexibility index (Phi) is 9.71. The second-order valence-electron chi connectivity index (χ2n) is 6.94. The molecule has 1 N–H and O–H groups in total. The second-order valence-corrected chi connectivity index (χ2v) is 8.82. The van der Waals surface area contributed by atoms with Crippen LogP contribution in [-0.2, 0) is 29.9 Å². The fraction of sp³-hybridized carbons (Fsp3) is 0.250. The van der Waals surface area contributed by atoms with Crippen LogP contribution in [0.5, 0.6) is 23.0 Å². The fourth-order valence-electron chi connectivity index (χ4n) is 2.98. The molecule has 0 heterocycles. The van der Waals surface area contributed by atoms with Crippen molar-refractivity contribution in [3.63, 3.8) is 0 Å². The van der Waals surface area contributed by atoms with E-state index in [-0.39, 0.29) is 11.4 Å². The van der Waals surface area contributed by atoms with E-state index in [4.69, 9.17) is 18.9 Å². The molecule has 0 fully saturated rings. The van der Waals surface area contributed by atoms with Crippen molar-refractivity contribution < 1.29 is 41.7 Å². The van der Waals surface area contributed by atoms with Crippen LogP contribution < -0.4 is 24.3 Å². The highest BCUT2D eigenvalue weighted by Crippen LogP contribution is 2.35. The van der Waals surface area contributed by atoms with Crippen molar-refractivity contribution in [3.8, 4) is 23.0 Å². The van der Waals surface area contributed by atoms with Gasteiger partial charge in [0.05, 0.1) is 52.6 Å². The Bertz CT molecular complexity index is 1210. The molecule has 0 bridgehead atoms. The van der Waals surface area contributed by atoms with Crippen LogP contribution in [0.3, 0.4) is 0 Å². The van der Waals surface area contributed by atoms with Crippen molar-refractivity contribution in [2.24, 2.45) is 0 Å². The maximum Gasteiger partial charge on any atom is 0.330 e. The van der Waals surface area contributed by atoms with Gasteiger partial charge in [0.2, 0.25) is 5.91 Å². The van der Waals surface area contributed by atoms with Gasteiger partial charge >= 0.3 is 5.97 Å². The summed E-state index contributed by atoms with van der Waals surface area (Å²) in [4.78, 5) is 23.3. The second kappa shape index (κ2) is 12.5. The summed E-state index contributed by atoms with van der Waals surface area (Å²) in [5, 5.41) is 3.61. The number of hydrogen-bond acceptors (Lipinski definition) is 9. The van der Waals surface area contributed by atoms with Crippen LogP contribution in [0.25, 0.3) is 6.08 Å². The quantitative estimate of drug-likeness (QED) is 0.362. The van der Waals surface area contributed by atoms with Crippen LogP contribution in [0, 0.1) is 0 Å². The zero-order valence-electron chi connectivity index (χ0n) is 20.0. The fourth-order valence-corrected chi connectivity index (χ4v) is 4.06. The molecule has 2 aromatic carbocycles. The van der Waals surface area contributed by atoms with Crippen molar-refractivity contribution in [3.05, 3.63) is 59.0 Å². The summed E-state index contributed by atoms with van der Waals surface area (Å²) in [6.45, 7) is 0. The molecule has 0 aromatic heterocycles. The number of amides is 1. The molecule has 0 saturated carbocycles. The lowest BCUT2D eigenvalue weighted by Crippen LogP contribution is -2.11. The Morgan fingerprint density at radius 2 is 1.49 bits per heavy atom. The monoisotopic (exact) mass is 505 g/mol. The van der Waals surface area contributed by atoms with Crippen LogP contribution in [-0.4, -0.2) is 55.8 Å². The Hall–Kier alpha value is -3.99.